The Morgan fingerprint density at radius 1 is 1.00 bits per heavy atom. The van der Waals surface area contributed by atoms with Crippen molar-refractivity contribution in [3.63, 3.8) is 0 Å². The first-order chi connectivity index (χ1) is 12.2. The van der Waals surface area contributed by atoms with E-state index >= 15 is 0 Å². The SMILES string of the molecule is CN(C)CCNc1nc2c(-c3ccccc3)nnn2c2ccccc12. The predicted molar refractivity (Wildman–Crippen MR) is 101 cm³/mol. The van der Waals surface area contributed by atoms with Gasteiger partial charge in [0.25, 0.3) is 0 Å². The van der Waals surface area contributed by atoms with Gasteiger partial charge >= 0.3 is 0 Å². The summed E-state index contributed by atoms with van der Waals surface area (Å²) in [4.78, 5) is 6.99. The molecule has 126 valence electrons. The first kappa shape index (κ1) is 15.5. The smallest absolute Gasteiger partial charge is 0.186 e. The van der Waals surface area contributed by atoms with Crippen LogP contribution in [0.25, 0.3) is 27.8 Å². The van der Waals surface area contributed by atoms with Gasteiger partial charge in [0.15, 0.2) is 5.65 Å². The van der Waals surface area contributed by atoms with E-state index in [2.05, 4.69) is 40.7 Å². The van der Waals surface area contributed by atoms with E-state index < -0.39 is 0 Å². The monoisotopic (exact) mass is 332 g/mol. The van der Waals surface area contributed by atoms with Crippen LogP contribution in [0.4, 0.5) is 5.82 Å². The number of fused-ring (bicyclic) bond motifs is 3. The summed E-state index contributed by atoms with van der Waals surface area (Å²) in [6.07, 6.45) is 0. The third-order valence-electron chi connectivity index (χ3n) is 4.15. The maximum Gasteiger partial charge on any atom is 0.186 e. The molecule has 0 aliphatic heterocycles. The summed E-state index contributed by atoms with van der Waals surface area (Å²) in [5.74, 6) is 0.865. The molecule has 0 spiro atoms. The molecule has 0 radical (unpaired) electrons. The molecule has 0 unspecified atom stereocenters. The third kappa shape index (κ3) is 2.92. The lowest BCUT2D eigenvalue weighted by atomic mass is 10.1. The number of nitrogens with zero attached hydrogens (tertiary/aromatic N) is 5. The lowest BCUT2D eigenvalue weighted by Crippen LogP contribution is -2.21. The minimum absolute atomic E-state index is 0.761. The Morgan fingerprint density at radius 3 is 2.56 bits per heavy atom. The van der Waals surface area contributed by atoms with E-state index in [0.29, 0.717) is 0 Å². The Labute approximate surface area is 146 Å². The second-order valence-corrected chi connectivity index (χ2v) is 6.25. The number of hydrogen-bond acceptors (Lipinski definition) is 5. The number of hydrogen-bond donors (Lipinski definition) is 1. The molecule has 0 saturated carbocycles. The summed E-state index contributed by atoms with van der Waals surface area (Å²) in [6, 6.07) is 18.2. The average molecular weight is 332 g/mol. The molecule has 0 amide bonds. The van der Waals surface area contributed by atoms with Gasteiger partial charge in [0.2, 0.25) is 0 Å². The molecular formula is C19H20N6. The highest BCUT2D eigenvalue weighted by atomic mass is 15.4. The van der Waals surface area contributed by atoms with Crippen molar-refractivity contribution in [3.8, 4) is 11.3 Å². The topological polar surface area (TPSA) is 58.3 Å². The molecule has 4 aromatic rings. The molecule has 1 N–H and O–H groups in total. The van der Waals surface area contributed by atoms with Crippen molar-refractivity contribution in [2.24, 2.45) is 0 Å². The van der Waals surface area contributed by atoms with Crippen LogP contribution in [0.2, 0.25) is 0 Å². The number of nitrogens with one attached hydrogen (secondary N) is 1. The van der Waals surface area contributed by atoms with E-state index in [1.54, 1.807) is 0 Å². The van der Waals surface area contributed by atoms with E-state index in [0.717, 1.165) is 46.7 Å². The van der Waals surface area contributed by atoms with Gasteiger partial charge < -0.3 is 10.2 Å². The van der Waals surface area contributed by atoms with E-state index in [-0.39, 0.29) is 0 Å². The molecule has 0 fully saturated rings. The van der Waals surface area contributed by atoms with Gasteiger partial charge in [-0.1, -0.05) is 47.7 Å². The number of rotatable bonds is 5. The van der Waals surface area contributed by atoms with Crippen molar-refractivity contribution in [2.75, 3.05) is 32.5 Å². The minimum Gasteiger partial charge on any atom is -0.368 e. The van der Waals surface area contributed by atoms with Gasteiger partial charge in [-0.05, 0) is 26.2 Å². The molecule has 0 bridgehead atoms. The molecule has 6 heteroatoms. The molecule has 25 heavy (non-hydrogen) atoms. The number of aromatic nitrogens is 4. The molecule has 2 aromatic heterocycles. The average Bonchev–Trinajstić information content (AvgIpc) is 3.06. The molecule has 4 rings (SSSR count). The van der Waals surface area contributed by atoms with Crippen LogP contribution in [-0.2, 0) is 0 Å². The van der Waals surface area contributed by atoms with Crippen LogP contribution in [0.15, 0.2) is 54.6 Å². The van der Waals surface area contributed by atoms with E-state index in [1.807, 2.05) is 53.0 Å². The fourth-order valence-electron chi connectivity index (χ4n) is 2.88. The lowest BCUT2D eigenvalue weighted by molar-refractivity contribution is 0.425. The van der Waals surface area contributed by atoms with E-state index in [1.165, 1.54) is 0 Å². The molecule has 0 aliphatic carbocycles. The third-order valence-corrected chi connectivity index (χ3v) is 4.15. The maximum absolute atomic E-state index is 4.84. The summed E-state index contributed by atoms with van der Waals surface area (Å²) in [7, 11) is 4.12. The summed E-state index contributed by atoms with van der Waals surface area (Å²) < 4.78 is 1.81. The Bertz CT molecular complexity index is 1010. The molecule has 6 nitrogen and oxygen atoms in total. The van der Waals surface area contributed by atoms with Crippen molar-refractivity contribution in [3.05, 3.63) is 54.6 Å². The summed E-state index contributed by atoms with van der Waals surface area (Å²) in [5.41, 5.74) is 3.56. The lowest BCUT2D eigenvalue weighted by Gasteiger charge is -2.13. The standard InChI is InChI=1S/C19H20N6/c1-24(2)13-12-20-18-15-10-6-7-11-16(15)25-19(21-18)17(22-23-25)14-8-4-3-5-9-14/h3-11H,12-13H2,1-2H3,(H,20,21). The molecule has 2 aromatic carbocycles. The van der Waals surface area contributed by atoms with E-state index in [9.17, 15) is 0 Å². The zero-order valence-electron chi connectivity index (χ0n) is 14.3. The van der Waals surface area contributed by atoms with Crippen molar-refractivity contribution >= 4 is 22.4 Å². The van der Waals surface area contributed by atoms with Crippen LogP contribution in [-0.4, -0.2) is 51.9 Å². The molecule has 0 aliphatic rings. The number of benzene rings is 2. The first-order valence-corrected chi connectivity index (χ1v) is 8.32. The van der Waals surface area contributed by atoms with Gasteiger partial charge in [-0.3, -0.25) is 0 Å². The summed E-state index contributed by atoms with van der Waals surface area (Å²) in [5, 5.41) is 13.2. The maximum atomic E-state index is 4.84. The highest BCUT2D eigenvalue weighted by molar-refractivity contribution is 5.93. The summed E-state index contributed by atoms with van der Waals surface area (Å²) in [6.45, 7) is 1.76. The molecule has 0 atom stereocenters. The Hall–Kier alpha value is -2.99. The van der Waals surface area contributed by atoms with Crippen molar-refractivity contribution in [1.29, 1.82) is 0 Å². The second-order valence-electron chi connectivity index (χ2n) is 6.25. The first-order valence-electron chi connectivity index (χ1n) is 8.32. The van der Waals surface area contributed by atoms with Crippen LogP contribution >= 0.6 is 0 Å². The Morgan fingerprint density at radius 2 is 1.76 bits per heavy atom. The van der Waals surface area contributed by atoms with E-state index in [4.69, 9.17) is 4.98 Å². The van der Waals surface area contributed by atoms with Gasteiger partial charge in [-0.25, -0.2) is 4.98 Å². The highest BCUT2D eigenvalue weighted by Crippen LogP contribution is 2.27. The molecule has 0 saturated heterocycles. The molecule has 2 heterocycles. The predicted octanol–water partition coefficient (Wildman–Crippen LogP) is 2.92. The normalized spacial score (nSPS) is 11.5. The Balaban J connectivity index is 1.88. The quantitative estimate of drug-likeness (QED) is 0.609. The fourth-order valence-corrected chi connectivity index (χ4v) is 2.88. The van der Waals surface area contributed by atoms with Gasteiger partial charge in [0.05, 0.1) is 5.52 Å². The second kappa shape index (κ2) is 6.49. The van der Waals surface area contributed by atoms with Gasteiger partial charge in [-0.2, -0.15) is 4.52 Å². The molecular weight excluding hydrogens is 312 g/mol. The van der Waals surface area contributed by atoms with Crippen LogP contribution in [0, 0.1) is 0 Å². The van der Waals surface area contributed by atoms with Crippen molar-refractivity contribution < 1.29 is 0 Å². The number of anilines is 1. The van der Waals surface area contributed by atoms with Gasteiger partial charge in [-0.15, -0.1) is 5.10 Å². The van der Waals surface area contributed by atoms with Gasteiger partial charge in [0.1, 0.15) is 11.5 Å². The fraction of sp³-hybridized carbons (Fsp3) is 0.211. The van der Waals surface area contributed by atoms with Crippen molar-refractivity contribution in [1.82, 2.24) is 24.7 Å². The zero-order chi connectivity index (χ0) is 17.2. The van der Waals surface area contributed by atoms with Crippen LogP contribution in [0.1, 0.15) is 0 Å². The summed E-state index contributed by atoms with van der Waals surface area (Å²) >= 11 is 0. The van der Waals surface area contributed by atoms with Crippen molar-refractivity contribution in [2.45, 2.75) is 0 Å². The largest absolute Gasteiger partial charge is 0.368 e. The number of likely N-dealkylation sites (N-methyl/N-ethyl adjacent to an activating group) is 1. The number of para-hydroxylation sites is 1. The van der Waals surface area contributed by atoms with Gasteiger partial charge in [0, 0.05) is 24.0 Å². The van der Waals surface area contributed by atoms with Crippen LogP contribution in [0.5, 0.6) is 0 Å². The Kier molecular flexibility index (Phi) is 4.03. The minimum atomic E-state index is 0.761. The van der Waals surface area contributed by atoms with Crippen LogP contribution < -0.4 is 5.32 Å². The highest BCUT2D eigenvalue weighted by Gasteiger charge is 2.15. The van der Waals surface area contributed by atoms with Crippen LogP contribution in [0.3, 0.4) is 0 Å². The zero-order valence-corrected chi connectivity index (χ0v) is 14.3.